The van der Waals surface area contributed by atoms with Crippen molar-refractivity contribution < 1.29 is 9.90 Å². The molecule has 1 amide bonds. The predicted octanol–water partition coefficient (Wildman–Crippen LogP) is -0.175. The predicted molar refractivity (Wildman–Crippen MR) is 54.9 cm³/mol. The van der Waals surface area contributed by atoms with Crippen LogP contribution in [0.25, 0.3) is 0 Å². The summed E-state index contributed by atoms with van der Waals surface area (Å²) in [7, 11) is 0. The second kappa shape index (κ2) is 4.28. The molecule has 0 aliphatic carbocycles. The van der Waals surface area contributed by atoms with Crippen LogP contribution >= 0.6 is 0 Å². The molecule has 0 aromatic heterocycles. The smallest absolute Gasteiger partial charge is 0.230 e. The summed E-state index contributed by atoms with van der Waals surface area (Å²) in [5, 5.41) is 12.7. The number of hydrogen-bond donors (Lipinski definition) is 2. The van der Waals surface area contributed by atoms with E-state index in [2.05, 4.69) is 5.32 Å². The van der Waals surface area contributed by atoms with Gasteiger partial charge in [-0.25, -0.2) is 0 Å². The lowest BCUT2D eigenvalue weighted by atomic mass is 9.85. The van der Waals surface area contributed by atoms with Crippen LogP contribution in [-0.4, -0.2) is 48.2 Å². The van der Waals surface area contributed by atoms with E-state index in [1.54, 1.807) is 20.8 Å². The molecule has 2 N–H and O–H groups in total. The molecule has 0 saturated carbocycles. The number of piperazine rings is 1. The van der Waals surface area contributed by atoms with E-state index in [0.717, 1.165) is 26.2 Å². The van der Waals surface area contributed by atoms with Crippen molar-refractivity contribution in [2.75, 3.05) is 26.2 Å². The zero-order valence-corrected chi connectivity index (χ0v) is 9.21. The molecule has 0 bridgehead atoms. The molecular weight excluding hydrogens is 180 g/mol. The molecule has 1 aliphatic heterocycles. The summed E-state index contributed by atoms with van der Waals surface area (Å²) in [6.45, 7) is 8.44. The van der Waals surface area contributed by atoms with Gasteiger partial charge in [-0.15, -0.1) is 0 Å². The van der Waals surface area contributed by atoms with Gasteiger partial charge in [-0.05, 0) is 20.8 Å². The zero-order chi connectivity index (χ0) is 10.8. The molecule has 1 rings (SSSR count). The van der Waals surface area contributed by atoms with E-state index < -0.39 is 11.5 Å². The molecule has 82 valence electrons. The molecule has 1 heterocycles. The molecule has 0 spiro atoms. The number of hydrogen-bond acceptors (Lipinski definition) is 3. The Kier molecular flexibility index (Phi) is 3.50. The zero-order valence-electron chi connectivity index (χ0n) is 9.21. The maximum Gasteiger partial charge on any atom is 0.230 e. The van der Waals surface area contributed by atoms with Gasteiger partial charge in [0.2, 0.25) is 5.91 Å². The third-order valence-corrected chi connectivity index (χ3v) is 3.00. The monoisotopic (exact) mass is 200 g/mol. The van der Waals surface area contributed by atoms with E-state index in [0.29, 0.717) is 0 Å². The Bertz CT molecular complexity index is 208. The summed E-state index contributed by atoms with van der Waals surface area (Å²) < 4.78 is 0. The number of aliphatic hydroxyl groups excluding tert-OH is 1. The highest BCUT2D eigenvalue weighted by molar-refractivity contribution is 5.82. The molecule has 1 atom stereocenters. The van der Waals surface area contributed by atoms with Gasteiger partial charge >= 0.3 is 0 Å². The fraction of sp³-hybridized carbons (Fsp3) is 0.900. The first kappa shape index (κ1) is 11.5. The lowest BCUT2D eigenvalue weighted by molar-refractivity contribution is -0.146. The fourth-order valence-corrected chi connectivity index (χ4v) is 1.45. The maximum atomic E-state index is 12.0. The minimum atomic E-state index is -0.669. The number of nitrogens with zero attached hydrogens (tertiary/aromatic N) is 1. The van der Waals surface area contributed by atoms with Gasteiger partial charge in [0.25, 0.3) is 0 Å². The van der Waals surface area contributed by atoms with Crippen LogP contribution < -0.4 is 5.32 Å². The molecule has 14 heavy (non-hydrogen) atoms. The Hall–Kier alpha value is -0.610. The van der Waals surface area contributed by atoms with Crippen LogP contribution in [0, 0.1) is 5.41 Å². The Morgan fingerprint density at radius 1 is 1.43 bits per heavy atom. The Labute approximate surface area is 85.3 Å². The lowest BCUT2D eigenvalue weighted by Gasteiger charge is -2.36. The van der Waals surface area contributed by atoms with Crippen LogP contribution in [0.15, 0.2) is 0 Å². The van der Waals surface area contributed by atoms with E-state index in [9.17, 15) is 9.90 Å². The molecule has 1 aliphatic rings. The van der Waals surface area contributed by atoms with Crippen molar-refractivity contribution in [1.29, 1.82) is 0 Å². The van der Waals surface area contributed by atoms with Crippen molar-refractivity contribution in [3.8, 4) is 0 Å². The number of carbonyl (C=O) groups is 1. The van der Waals surface area contributed by atoms with Crippen LogP contribution in [0.3, 0.4) is 0 Å². The molecule has 4 heteroatoms. The van der Waals surface area contributed by atoms with E-state index in [-0.39, 0.29) is 5.91 Å². The van der Waals surface area contributed by atoms with Gasteiger partial charge in [0.15, 0.2) is 0 Å². The van der Waals surface area contributed by atoms with E-state index >= 15 is 0 Å². The first-order chi connectivity index (χ1) is 6.46. The number of rotatable bonds is 2. The maximum absolute atomic E-state index is 12.0. The van der Waals surface area contributed by atoms with Crippen LogP contribution in [0.4, 0.5) is 0 Å². The minimum absolute atomic E-state index is 0.0500. The van der Waals surface area contributed by atoms with Crippen LogP contribution in [0.5, 0.6) is 0 Å². The van der Waals surface area contributed by atoms with Crippen LogP contribution in [0.2, 0.25) is 0 Å². The van der Waals surface area contributed by atoms with Crippen molar-refractivity contribution in [3.63, 3.8) is 0 Å². The summed E-state index contributed by atoms with van der Waals surface area (Å²) in [5.74, 6) is 0.0500. The number of amides is 1. The fourth-order valence-electron chi connectivity index (χ4n) is 1.45. The third kappa shape index (κ3) is 2.25. The van der Waals surface area contributed by atoms with Gasteiger partial charge < -0.3 is 15.3 Å². The minimum Gasteiger partial charge on any atom is -0.392 e. The Morgan fingerprint density at radius 2 is 1.93 bits per heavy atom. The lowest BCUT2D eigenvalue weighted by Crippen LogP contribution is -2.53. The number of nitrogens with one attached hydrogen (secondary N) is 1. The second-order valence-corrected chi connectivity index (χ2v) is 4.44. The molecule has 0 aromatic carbocycles. The Balaban J connectivity index is 2.63. The van der Waals surface area contributed by atoms with Gasteiger partial charge in [0, 0.05) is 26.2 Å². The highest BCUT2D eigenvalue weighted by Gasteiger charge is 2.36. The molecule has 4 nitrogen and oxygen atoms in total. The van der Waals surface area contributed by atoms with E-state index in [1.807, 2.05) is 4.90 Å². The molecule has 1 fully saturated rings. The number of carbonyl (C=O) groups excluding carboxylic acids is 1. The van der Waals surface area contributed by atoms with Crippen molar-refractivity contribution in [3.05, 3.63) is 0 Å². The van der Waals surface area contributed by atoms with Gasteiger partial charge in [-0.3, -0.25) is 4.79 Å². The van der Waals surface area contributed by atoms with E-state index in [4.69, 9.17) is 0 Å². The van der Waals surface area contributed by atoms with E-state index in [1.165, 1.54) is 0 Å². The van der Waals surface area contributed by atoms with Crippen molar-refractivity contribution in [1.82, 2.24) is 10.2 Å². The highest BCUT2D eigenvalue weighted by Crippen LogP contribution is 2.23. The summed E-state index contributed by atoms with van der Waals surface area (Å²) in [4.78, 5) is 13.8. The second-order valence-electron chi connectivity index (χ2n) is 4.44. The standard InChI is InChI=1S/C10H20N2O2/c1-8(13)10(2,3)9(14)12-6-4-11-5-7-12/h8,11,13H,4-7H2,1-3H3. The summed E-state index contributed by atoms with van der Waals surface area (Å²) in [5.41, 5.74) is -0.669. The molecule has 0 radical (unpaired) electrons. The van der Waals surface area contributed by atoms with Crippen LogP contribution in [-0.2, 0) is 4.79 Å². The quantitative estimate of drug-likeness (QED) is 0.650. The molecular formula is C10H20N2O2. The topological polar surface area (TPSA) is 52.6 Å². The summed E-state index contributed by atoms with van der Waals surface area (Å²) >= 11 is 0. The van der Waals surface area contributed by atoms with Gasteiger partial charge in [-0.1, -0.05) is 0 Å². The number of aliphatic hydroxyl groups is 1. The van der Waals surface area contributed by atoms with Crippen molar-refractivity contribution >= 4 is 5.91 Å². The first-order valence-electron chi connectivity index (χ1n) is 5.14. The SMILES string of the molecule is CC(O)C(C)(C)C(=O)N1CCNCC1. The summed E-state index contributed by atoms with van der Waals surface area (Å²) in [6, 6.07) is 0. The average Bonchev–Trinajstić information content (AvgIpc) is 2.17. The normalized spacial score (nSPS) is 20.7. The highest BCUT2D eigenvalue weighted by atomic mass is 16.3. The van der Waals surface area contributed by atoms with Crippen LogP contribution in [0.1, 0.15) is 20.8 Å². The van der Waals surface area contributed by atoms with Gasteiger partial charge in [0.05, 0.1) is 11.5 Å². The average molecular weight is 200 g/mol. The van der Waals surface area contributed by atoms with Gasteiger partial charge in [0.1, 0.15) is 0 Å². The van der Waals surface area contributed by atoms with Crippen molar-refractivity contribution in [2.45, 2.75) is 26.9 Å². The Morgan fingerprint density at radius 3 is 2.36 bits per heavy atom. The van der Waals surface area contributed by atoms with Gasteiger partial charge in [-0.2, -0.15) is 0 Å². The first-order valence-corrected chi connectivity index (χ1v) is 5.14. The summed E-state index contributed by atoms with van der Waals surface area (Å²) in [6.07, 6.45) is -0.607. The van der Waals surface area contributed by atoms with Crippen molar-refractivity contribution in [2.24, 2.45) is 5.41 Å². The third-order valence-electron chi connectivity index (χ3n) is 3.00. The largest absolute Gasteiger partial charge is 0.392 e. The molecule has 1 unspecified atom stereocenters. The molecule has 1 saturated heterocycles. The molecule has 0 aromatic rings.